The van der Waals surface area contributed by atoms with Gasteiger partial charge in [0.05, 0.1) is 12.0 Å². The lowest BCUT2D eigenvalue weighted by Gasteiger charge is -2.33. The summed E-state index contributed by atoms with van der Waals surface area (Å²) < 4.78 is 0. The van der Waals surface area contributed by atoms with Gasteiger partial charge in [-0.05, 0) is 30.5 Å². The van der Waals surface area contributed by atoms with Crippen LogP contribution in [0.15, 0.2) is 39.9 Å². The molecule has 8 nitrogen and oxygen atoms in total. The van der Waals surface area contributed by atoms with E-state index in [-0.39, 0.29) is 29.4 Å². The largest absolute Gasteiger partial charge is 0.478 e. The minimum absolute atomic E-state index is 0.119. The van der Waals surface area contributed by atoms with Gasteiger partial charge in [-0.3, -0.25) is 24.6 Å². The molecule has 0 radical (unpaired) electrons. The van der Waals surface area contributed by atoms with Crippen LogP contribution in [0.2, 0.25) is 0 Å². The molecule has 1 atom stereocenters. The van der Waals surface area contributed by atoms with Crippen molar-refractivity contribution < 1.29 is 14.7 Å². The van der Waals surface area contributed by atoms with Crippen molar-refractivity contribution in [1.29, 1.82) is 0 Å². The number of aromatic amines is 2. The highest BCUT2D eigenvalue weighted by molar-refractivity contribution is 5.87. The third kappa shape index (κ3) is 3.90. The van der Waals surface area contributed by atoms with E-state index in [4.69, 9.17) is 5.11 Å². The summed E-state index contributed by atoms with van der Waals surface area (Å²) in [6, 6.07) is 7.83. The number of aromatic nitrogens is 2. The normalized spacial score (nSPS) is 17.1. The summed E-state index contributed by atoms with van der Waals surface area (Å²) in [5.74, 6) is -1.05. The molecule has 1 amide bonds. The summed E-state index contributed by atoms with van der Waals surface area (Å²) in [6.45, 7) is 1.11. The summed E-state index contributed by atoms with van der Waals surface area (Å²) >= 11 is 0. The van der Waals surface area contributed by atoms with Crippen LogP contribution in [-0.2, 0) is 11.2 Å². The first kappa shape index (κ1) is 17.7. The number of carbonyl (C=O) groups excluding carboxylic acids is 1. The number of carbonyl (C=O) groups is 2. The van der Waals surface area contributed by atoms with Crippen LogP contribution in [0.5, 0.6) is 0 Å². The molecular weight excluding hydrogens is 338 g/mol. The van der Waals surface area contributed by atoms with Gasteiger partial charge in [-0.25, -0.2) is 4.79 Å². The molecule has 1 aromatic carbocycles. The van der Waals surface area contributed by atoms with Crippen LogP contribution in [0.4, 0.5) is 0 Å². The van der Waals surface area contributed by atoms with Crippen molar-refractivity contribution >= 4 is 11.9 Å². The highest BCUT2D eigenvalue weighted by Crippen LogP contribution is 2.27. The number of H-pyrrole nitrogens is 2. The van der Waals surface area contributed by atoms with Gasteiger partial charge in [0, 0.05) is 30.6 Å². The molecule has 0 spiro atoms. The SMILES string of the molecule is O=C(O)c1ccc(C2CCCN(C(=O)Cc3cc(=O)[nH][nH]c3=O)C2)cc1. The highest BCUT2D eigenvalue weighted by Gasteiger charge is 2.25. The number of likely N-dealkylation sites (tertiary alicyclic amines) is 1. The Morgan fingerprint density at radius 2 is 1.88 bits per heavy atom. The third-order valence-corrected chi connectivity index (χ3v) is 4.64. The Labute approximate surface area is 148 Å². The standard InChI is InChI=1S/C18H19N3O5/c22-15-8-14(17(24)20-19-15)9-16(23)21-7-1-2-13(10-21)11-3-5-12(6-4-11)18(25)26/h3-6,8,13H,1-2,7,9-10H2,(H,19,22)(H,20,24)(H,25,26). The molecule has 1 fully saturated rings. The molecule has 1 aliphatic heterocycles. The fourth-order valence-corrected chi connectivity index (χ4v) is 3.24. The van der Waals surface area contributed by atoms with Gasteiger partial charge in [-0.2, -0.15) is 0 Å². The maximum Gasteiger partial charge on any atom is 0.335 e. The second-order valence-electron chi connectivity index (χ2n) is 6.40. The fourth-order valence-electron chi connectivity index (χ4n) is 3.24. The van der Waals surface area contributed by atoms with Gasteiger partial charge in [0.2, 0.25) is 5.91 Å². The van der Waals surface area contributed by atoms with Gasteiger partial charge >= 0.3 is 5.97 Å². The molecule has 136 valence electrons. The number of carboxylic acids is 1. The first-order chi connectivity index (χ1) is 12.4. The van der Waals surface area contributed by atoms with Crippen LogP contribution in [0.3, 0.4) is 0 Å². The van der Waals surface area contributed by atoms with Crippen LogP contribution in [0.1, 0.15) is 40.2 Å². The maximum atomic E-state index is 12.5. The Hall–Kier alpha value is -3.16. The molecule has 1 aliphatic rings. The Balaban J connectivity index is 1.70. The van der Waals surface area contributed by atoms with Crippen LogP contribution < -0.4 is 11.1 Å². The van der Waals surface area contributed by atoms with E-state index in [9.17, 15) is 19.2 Å². The highest BCUT2D eigenvalue weighted by atomic mass is 16.4. The first-order valence-electron chi connectivity index (χ1n) is 8.36. The average molecular weight is 357 g/mol. The minimum Gasteiger partial charge on any atom is -0.478 e. The van der Waals surface area contributed by atoms with Gasteiger partial charge < -0.3 is 10.0 Å². The molecule has 3 N–H and O–H groups in total. The van der Waals surface area contributed by atoms with E-state index in [2.05, 4.69) is 10.2 Å². The second kappa shape index (κ2) is 7.38. The summed E-state index contributed by atoms with van der Waals surface area (Å²) in [6.07, 6.45) is 1.61. The smallest absolute Gasteiger partial charge is 0.335 e. The van der Waals surface area contributed by atoms with Crippen molar-refractivity contribution in [2.75, 3.05) is 13.1 Å². The van der Waals surface area contributed by atoms with Gasteiger partial charge in [0.25, 0.3) is 11.1 Å². The number of rotatable bonds is 4. The summed E-state index contributed by atoms with van der Waals surface area (Å²) in [7, 11) is 0. The molecule has 2 aromatic rings. The zero-order chi connectivity index (χ0) is 18.7. The second-order valence-corrected chi connectivity index (χ2v) is 6.40. The lowest BCUT2D eigenvalue weighted by molar-refractivity contribution is -0.131. The molecule has 0 aliphatic carbocycles. The van der Waals surface area contributed by atoms with Crippen molar-refractivity contribution in [2.24, 2.45) is 0 Å². The van der Waals surface area contributed by atoms with E-state index in [1.807, 2.05) is 0 Å². The number of carboxylic acid groups (broad SMARTS) is 1. The molecular formula is C18H19N3O5. The van der Waals surface area contributed by atoms with Crippen LogP contribution >= 0.6 is 0 Å². The summed E-state index contributed by atoms with van der Waals surface area (Å²) in [4.78, 5) is 48.2. The molecule has 1 aromatic heterocycles. The zero-order valence-corrected chi connectivity index (χ0v) is 14.0. The van der Waals surface area contributed by atoms with Crippen molar-refractivity contribution in [3.05, 3.63) is 67.7 Å². The van der Waals surface area contributed by atoms with Crippen LogP contribution in [0.25, 0.3) is 0 Å². The molecule has 0 bridgehead atoms. The van der Waals surface area contributed by atoms with E-state index in [0.29, 0.717) is 13.1 Å². The molecule has 1 saturated heterocycles. The van der Waals surface area contributed by atoms with E-state index >= 15 is 0 Å². The number of benzene rings is 1. The van der Waals surface area contributed by atoms with Crippen molar-refractivity contribution in [2.45, 2.75) is 25.2 Å². The average Bonchev–Trinajstić information content (AvgIpc) is 2.65. The monoisotopic (exact) mass is 357 g/mol. The number of nitrogens with zero attached hydrogens (tertiary/aromatic N) is 1. The van der Waals surface area contributed by atoms with Crippen LogP contribution in [0, 0.1) is 0 Å². The molecule has 3 rings (SSSR count). The van der Waals surface area contributed by atoms with E-state index in [1.54, 1.807) is 29.2 Å². The third-order valence-electron chi connectivity index (χ3n) is 4.64. The van der Waals surface area contributed by atoms with Gasteiger partial charge in [-0.1, -0.05) is 12.1 Å². The topological polar surface area (TPSA) is 123 Å². The molecule has 1 unspecified atom stereocenters. The number of aromatic carboxylic acids is 1. The molecule has 2 heterocycles. The number of hydrogen-bond acceptors (Lipinski definition) is 4. The Bertz CT molecular complexity index is 929. The Morgan fingerprint density at radius 3 is 2.58 bits per heavy atom. The van der Waals surface area contributed by atoms with Crippen molar-refractivity contribution in [3.8, 4) is 0 Å². The van der Waals surface area contributed by atoms with Gasteiger partial charge in [0.15, 0.2) is 0 Å². The van der Waals surface area contributed by atoms with Gasteiger partial charge in [0.1, 0.15) is 0 Å². The predicted molar refractivity (Wildman–Crippen MR) is 93.3 cm³/mol. The number of amides is 1. The predicted octanol–water partition coefficient (Wildman–Crippen LogP) is 0.710. The van der Waals surface area contributed by atoms with E-state index in [1.165, 1.54) is 0 Å². The fraction of sp³-hybridized carbons (Fsp3) is 0.333. The molecule has 0 saturated carbocycles. The lowest BCUT2D eigenvalue weighted by atomic mass is 9.90. The minimum atomic E-state index is -0.972. The number of piperidine rings is 1. The lowest BCUT2D eigenvalue weighted by Crippen LogP contribution is -2.40. The zero-order valence-electron chi connectivity index (χ0n) is 14.0. The Morgan fingerprint density at radius 1 is 1.15 bits per heavy atom. The molecule has 8 heteroatoms. The number of nitrogens with one attached hydrogen (secondary N) is 2. The van der Waals surface area contributed by atoms with E-state index < -0.39 is 17.1 Å². The first-order valence-corrected chi connectivity index (χ1v) is 8.36. The Kier molecular flexibility index (Phi) is 5.01. The summed E-state index contributed by atoms with van der Waals surface area (Å²) in [5, 5.41) is 13.4. The molecule has 26 heavy (non-hydrogen) atoms. The van der Waals surface area contributed by atoms with E-state index in [0.717, 1.165) is 24.5 Å². The summed E-state index contributed by atoms with van der Waals surface area (Å²) in [5.41, 5.74) is 0.428. The maximum absolute atomic E-state index is 12.5. The number of hydrogen-bond donors (Lipinski definition) is 3. The van der Waals surface area contributed by atoms with Crippen LogP contribution in [-0.4, -0.2) is 45.2 Å². The van der Waals surface area contributed by atoms with Crippen molar-refractivity contribution in [3.63, 3.8) is 0 Å². The van der Waals surface area contributed by atoms with Gasteiger partial charge in [-0.15, -0.1) is 0 Å². The quantitative estimate of drug-likeness (QED) is 0.743. The van der Waals surface area contributed by atoms with Crippen molar-refractivity contribution in [1.82, 2.24) is 15.1 Å².